The summed E-state index contributed by atoms with van der Waals surface area (Å²) in [7, 11) is -3.75. The van der Waals surface area contributed by atoms with Gasteiger partial charge in [0.25, 0.3) is 0 Å². The number of hydrogen-bond acceptors (Lipinski definition) is 3. The van der Waals surface area contributed by atoms with Crippen LogP contribution in [-0.2, 0) is 23.2 Å². The first-order valence-electron chi connectivity index (χ1n) is 6.06. The van der Waals surface area contributed by atoms with Gasteiger partial charge in [0.15, 0.2) is 0 Å². The summed E-state index contributed by atoms with van der Waals surface area (Å²) in [5, 5.41) is 9.05. The zero-order valence-corrected chi connectivity index (χ0v) is 13.3. The van der Waals surface area contributed by atoms with Gasteiger partial charge in [-0.25, -0.2) is 17.5 Å². The predicted molar refractivity (Wildman–Crippen MR) is 80.5 cm³/mol. The van der Waals surface area contributed by atoms with E-state index in [4.69, 9.17) is 5.11 Å². The third-order valence-corrected chi connectivity index (χ3v) is 5.20. The Bertz CT molecular complexity index is 750. The Morgan fingerprint density at radius 2 is 1.86 bits per heavy atom. The lowest BCUT2D eigenvalue weighted by atomic mass is 10.1. The van der Waals surface area contributed by atoms with Gasteiger partial charge in [-0.05, 0) is 45.3 Å². The van der Waals surface area contributed by atoms with Crippen molar-refractivity contribution in [2.24, 2.45) is 0 Å². The molecule has 0 saturated heterocycles. The standard InChI is InChI=1S/C14H13BrFNO3S/c15-13-7-12(16)4-5-14(13)21(19,20)17-8-10-2-1-3-11(6-10)9-18/h1-7,17-18H,8-9H2. The van der Waals surface area contributed by atoms with Gasteiger partial charge in [0.2, 0.25) is 10.0 Å². The molecule has 0 fully saturated rings. The van der Waals surface area contributed by atoms with Crippen molar-refractivity contribution in [2.75, 3.05) is 0 Å². The molecule has 0 aliphatic heterocycles. The number of sulfonamides is 1. The van der Waals surface area contributed by atoms with Crippen LogP contribution in [0.2, 0.25) is 0 Å². The molecule has 0 atom stereocenters. The summed E-state index contributed by atoms with van der Waals surface area (Å²) in [6, 6.07) is 10.3. The summed E-state index contributed by atoms with van der Waals surface area (Å²) in [6.07, 6.45) is 0. The van der Waals surface area contributed by atoms with Crippen LogP contribution in [0.15, 0.2) is 51.8 Å². The van der Waals surface area contributed by atoms with E-state index in [1.807, 2.05) is 0 Å². The van der Waals surface area contributed by atoms with Crippen molar-refractivity contribution in [1.82, 2.24) is 4.72 Å². The van der Waals surface area contributed by atoms with E-state index in [0.29, 0.717) is 5.56 Å². The van der Waals surface area contributed by atoms with E-state index in [2.05, 4.69) is 20.7 Å². The summed E-state index contributed by atoms with van der Waals surface area (Å²) in [4.78, 5) is -0.0257. The molecule has 0 amide bonds. The van der Waals surface area contributed by atoms with Crippen LogP contribution in [0.4, 0.5) is 4.39 Å². The van der Waals surface area contributed by atoms with E-state index in [0.717, 1.165) is 17.7 Å². The Kier molecular flexibility index (Phi) is 5.10. The molecular weight excluding hydrogens is 361 g/mol. The third kappa shape index (κ3) is 4.10. The largest absolute Gasteiger partial charge is 0.392 e. The minimum Gasteiger partial charge on any atom is -0.392 e. The summed E-state index contributed by atoms with van der Waals surface area (Å²) in [5.41, 5.74) is 1.43. The Hall–Kier alpha value is -1.28. The topological polar surface area (TPSA) is 66.4 Å². The van der Waals surface area contributed by atoms with E-state index in [-0.39, 0.29) is 22.5 Å². The lowest BCUT2D eigenvalue weighted by Gasteiger charge is -2.09. The van der Waals surface area contributed by atoms with E-state index in [1.54, 1.807) is 24.3 Å². The molecular formula is C14H13BrFNO3S. The van der Waals surface area contributed by atoms with E-state index in [9.17, 15) is 12.8 Å². The lowest BCUT2D eigenvalue weighted by molar-refractivity contribution is 0.281. The highest BCUT2D eigenvalue weighted by atomic mass is 79.9. The fourth-order valence-corrected chi connectivity index (χ4v) is 3.85. The second-order valence-corrected chi connectivity index (χ2v) is 6.97. The number of aliphatic hydroxyl groups excluding tert-OH is 1. The number of aliphatic hydroxyl groups is 1. The fourth-order valence-electron chi connectivity index (χ4n) is 1.79. The Morgan fingerprint density at radius 3 is 2.52 bits per heavy atom. The molecule has 2 N–H and O–H groups in total. The van der Waals surface area contributed by atoms with Crippen LogP contribution in [0.3, 0.4) is 0 Å². The maximum absolute atomic E-state index is 13.0. The smallest absolute Gasteiger partial charge is 0.241 e. The van der Waals surface area contributed by atoms with E-state index in [1.165, 1.54) is 6.07 Å². The Balaban J connectivity index is 2.17. The summed E-state index contributed by atoms with van der Waals surface area (Å²) < 4.78 is 40.0. The zero-order valence-electron chi connectivity index (χ0n) is 10.9. The highest BCUT2D eigenvalue weighted by molar-refractivity contribution is 9.10. The molecule has 112 valence electrons. The van der Waals surface area contributed by atoms with Crippen LogP contribution in [0.25, 0.3) is 0 Å². The van der Waals surface area contributed by atoms with Crippen LogP contribution in [0.1, 0.15) is 11.1 Å². The first kappa shape index (κ1) is 16.1. The van der Waals surface area contributed by atoms with Gasteiger partial charge >= 0.3 is 0 Å². The molecule has 0 bridgehead atoms. The molecule has 0 heterocycles. The molecule has 2 rings (SSSR count). The highest BCUT2D eigenvalue weighted by Gasteiger charge is 2.17. The average molecular weight is 374 g/mol. The molecule has 2 aromatic carbocycles. The van der Waals surface area contributed by atoms with Crippen molar-refractivity contribution < 1.29 is 17.9 Å². The molecule has 0 spiro atoms. The highest BCUT2D eigenvalue weighted by Crippen LogP contribution is 2.22. The number of rotatable bonds is 5. The summed E-state index contributed by atoms with van der Waals surface area (Å²) in [5.74, 6) is -0.517. The van der Waals surface area contributed by atoms with Gasteiger partial charge < -0.3 is 5.11 Å². The zero-order chi connectivity index (χ0) is 15.5. The summed E-state index contributed by atoms with van der Waals surface area (Å²) >= 11 is 3.04. The maximum Gasteiger partial charge on any atom is 0.241 e. The molecule has 7 heteroatoms. The second kappa shape index (κ2) is 6.65. The molecule has 4 nitrogen and oxygen atoms in total. The third-order valence-electron chi connectivity index (χ3n) is 2.82. The van der Waals surface area contributed by atoms with Gasteiger partial charge in [-0.2, -0.15) is 0 Å². The molecule has 0 aromatic heterocycles. The maximum atomic E-state index is 13.0. The summed E-state index contributed by atoms with van der Waals surface area (Å²) in [6.45, 7) is -0.0237. The first-order valence-corrected chi connectivity index (χ1v) is 8.33. The van der Waals surface area contributed by atoms with Crippen LogP contribution in [0, 0.1) is 5.82 Å². The molecule has 2 aromatic rings. The molecule has 0 saturated carbocycles. The minimum atomic E-state index is -3.75. The molecule has 0 radical (unpaired) electrons. The lowest BCUT2D eigenvalue weighted by Crippen LogP contribution is -2.23. The van der Waals surface area contributed by atoms with Gasteiger partial charge in [0.1, 0.15) is 5.82 Å². The van der Waals surface area contributed by atoms with Crippen molar-refractivity contribution in [3.63, 3.8) is 0 Å². The Labute approximate surface area is 130 Å². The normalized spacial score (nSPS) is 11.6. The molecule has 0 unspecified atom stereocenters. The number of halogens is 2. The quantitative estimate of drug-likeness (QED) is 0.846. The van der Waals surface area contributed by atoms with E-state index < -0.39 is 15.8 Å². The SMILES string of the molecule is O=S(=O)(NCc1cccc(CO)c1)c1ccc(F)cc1Br. The van der Waals surface area contributed by atoms with Gasteiger partial charge in [-0.3, -0.25) is 0 Å². The van der Waals surface area contributed by atoms with Gasteiger partial charge in [-0.15, -0.1) is 0 Å². The number of hydrogen-bond donors (Lipinski definition) is 2. The molecule has 0 aliphatic carbocycles. The monoisotopic (exact) mass is 373 g/mol. The average Bonchev–Trinajstić information content (AvgIpc) is 2.45. The number of benzene rings is 2. The van der Waals surface area contributed by atoms with Crippen molar-refractivity contribution in [3.8, 4) is 0 Å². The van der Waals surface area contributed by atoms with Gasteiger partial charge in [0.05, 0.1) is 11.5 Å². The Morgan fingerprint density at radius 1 is 1.14 bits per heavy atom. The van der Waals surface area contributed by atoms with Crippen molar-refractivity contribution in [3.05, 3.63) is 63.9 Å². The van der Waals surface area contributed by atoms with Gasteiger partial charge in [-0.1, -0.05) is 24.3 Å². The van der Waals surface area contributed by atoms with Crippen LogP contribution in [0.5, 0.6) is 0 Å². The van der Waals surface area contributed by atoms with Crippen LogP contribution in [-0.4, -0.2) is 13.5 Å². The van der Waals surface area contributed by atoms with Crippen LogP contribution < -0.4 is 4.72 Å². The first-order chi connectivity index (χ1) is 9.92. The minimum absolute atomic E-state index is 0.0257. The van der Waals surface area contributed by atoms with E-state index >= 15 is 0 Å². The van der Waals surface area contributed by atoms with Gasteiger partial charge in [0, 0.05) is 11.0 Å². The van der Waals surface area contributed by atoms with Crippen molar-refractivity contribution in [2.45, 2.75) is 18.0 Å². The molecule has 21 heavy (non-hydrogen) atoms. The van der Waals surface area contributed by atoms with Crippen LogP contribution >= 0.6 is 15.9 Å². The predicted octanol–water partition coefficient (Wildman–Crippen LogP) is 2.56. The number of nitrogens with one attached hydrogen (secondary N) is 1. The molecule has 0 aliphatic rings. The van der Waals surface area contributed by atoms with Crippen molar-refractivity contribution >= 4 is 26.0 Å². The fraction of sp³-hybridized carbons (Fsp3) is 0.143. The second-order valence-electron chi connectivity index (χ2n) is 4.38. The van der Waals surface area contributed by atoms with Crippen molar-refractivity contribution in [1.29, 1.82) is 0 Å².